The summed E-state index contributed by atoms with van der Waals surface area (Å²) in [5, 5.41) is 9.87. The van der Waals surface area contributed by atoms with Gasteiger partial charge in [0.05, 0.1) is 37.6 Å². The minimum Gasteiger partial charge on any atom is -0.491 e. The zero-order valence-corrected chi connectivity index (χ0v) is 22.8. The van der Waals surface area contributed by atoms with Gasteiger partial charge in [0.2, 0.25) is 5.43 Å². The largest absolute Gasteiger partial charge is 0.491 e. The van der Waals surface area contributed by atoms with Gasteiger partial charge >= 0.3 is 0 Å². The van der Waals surface area contributed by atoms with E-state index in [0.29, 0.717) is 28.0 Å². The van der Waals surface area contributed by atoms with Crippen LogP contribution in [-0.2, 0) is 13.0 Å². The number of aliphatic hydroxyl groups excluding tert-OH is 1. The number of hydrogen-bond acceptors (Lipinski definition) is 8. The third-order valence-corrected chi connectivity index (χ3v) is 6.64. The van der Waals surface area contributed by atoms with Crippen LogP contribution < -0.4 is 19.6 Å². The van der Waals surface area contributed by atoms with Crippen molar-refractivity contribution in [2.75, 3.05) is 14.2 Å². The zero-order valence-electron chi connectivity index (χ0n) is 22.8. The quantitative estimate of drug-likeness (QED) is 0.228. The summed E-state index contributed by atoms with van der Waals surface area (Å²) in [5.74, 6) is -1.18. The van der Waals surface area contributed by atoms with Crippen molar-refractivity contribution in [3.8, 4) is 34.3 Å². The van der Waals surface area contributed by atoms with Crippen LogP contribution in [0.1, 0.15) is 27.3 Å². The molecule has 0 saturated carbocycles. The van der Waals surface area contributed by atoms with E-state index in [1.807, 2.05) is 0 Å². The molecule has 0 spiro atoms. The Morgan fingerprint density at radius 2 is 1.74 bits per heavy atom. The van der Waals surface area contributed by atoms with Crippen LogP contribution in [0.3, 0.4) is 0 Å². The topological polar surface area (TPSA) is 124 Å². The molecule has 42 heavy (non-hydrogen) atoms. The van der Waals surface area contributed by atoms with Gasteiger partial charge in [0, 0.05) is 36.0 Å². The van der Waals surface area contributed by atoms with E-state index in [2.05, 4.69) is 15.0 Å². The second kappa shape index (κ2) is 11.8. The Bertz CT molecular complexity index is 1870. The van der Waals surface area contributed by atoms with Crippen LogP contribution in [0.25, 0.3) is 22.2 Å². The smallest absolute Gasteiger partial charge is 0.257 e. The predicted octanol–water partition coefficient (Wildman–Crippen LogP) is 5.30. The van der Waals surface area contributed by atoms with E-state index in [9.17, 15) is 19.1 Å². The number of halogens is 2. The number of aromatic nitrogens is 3. The monoisotopic (exact) mass is 573 g/mol. The van der Waals surface area contributed by atoms with Gasteiger partial charge in [-0.05, 0) is 42.3 Å². The number of aryl methyl sites for hydroxylation is 1. The summed E-state index contributed by atoms with van der Waals surface area (Å²) in [6.45, 7) is 1.03. The third kappa shape index (κ3) is 5.41. The van der Waals surface area contributed by atoms with Crippen LogP contribution in [-0.4, -0.2) is 40.1 Å². The number of fused-ring (bicyclic) bond motifs is 1. The fraction of sp³-hybridized carbons (Fsp3) is 0.161. The molecule has 3 heterocycles. The van der Waals surface area contributed by atoms with Gasteiger partial charge in [-0.15, -0.1) is 0 Å². The van der Waals surface area contributed by atoms with E-state index in [-0.39, 0.29) is 46.2 Å². The highest BCUT2D eigenvalue weighted by molar-refractivity contribution is 5.99. The summed E-state index contributed by atoms with van der Waals surface area (Å²) < 4.78 is 45.0. The fourth-order valence-corrected chi connectivity index (χ4v) is 4.68. The average Bonchev–Trinajstić information content (AvgIpc) is 2.98. The van der Waals surface area contributed by atoms with Crippen LogP contribution in [0.5, 0.6) is 23.1 Å². The molecular formula is C31H25F2N3O6. The Balaban J connectivity index is 1.44. The number of aromatic amines is 1. The fourth-order valence-electron chi connectivity index (χ4n) is 4.68. The lowest BCUT2D eigenvalue weighted by Gasteiger charge is -2.14. The Hall–Kier alpha value is -5.16. The van der Waals surface area contributed by atoms with E-state index in [1.165, 1.54) is 62.9 Å². The molecule has 5 rings (SSSR count). The first kappa shape index (κ1) is 28.4. The van der Waals surface area contributed by atoms with E-state index in [1.54, 1.807) is 13.0 Å². The number of pyridine rings is 3. The summed E-state index contributed by atoms with van der Waals surface area (Å²) in [5.41, 5.74) is 1.22. The van der Waals surface area contributed by atoms with Crippen molar-refractivity contribution in [1.82, 2.24) is 15.0 Å². The summed E-state index contributed by atoms with van der Waals surface area (Å²) in [6.07, 6.45) is 1.16. The normalized spacial score (nSPS) is 11.0. The zero-order chi connectivity index (χ0) is 30.0. The molecule has 2 N–H and O–H groups in total. The molecular weight excluding hydrogens is 548 g/mol. The predicted molar refractivity (Wildman–Crippen MR) is 150 cm³/mol. The molecule has 0 fully saturated rings. The highest BCUT2D eigenvalue weighted by atomic mass is 19.1. The van der Waals surface area contributed by atoms with Gasteiger partial charge in [0.15, 0.2) is 28.8 Å². The van der Waals surface area contributed by atoms with Crippen LogP contribution in [0.15, 0.2) is 65.6 Å². The number of methoxy groups -OCH3 is 2. The maximum atomic E-state index is 15.2. The number of nitrogens with zero attached hydrogens (tertiary/aromatic N) is 2. The SMILES string of the molecule is COc1cc2nccc(Oc3ccc(CC(=O)c4c(CO)[nH]c(C)c(-c5ccc(F)cc5)c4=O)cc3F)c2nc1OC. The van der Waals surface area contributed by atoms with Crippen molar-refractivity contribution in [2.45, 2.75) is 20.0 Å². The molecule has 0 radical (unpaired) electrons. The van der Waals surface area contributed by atoms with Crippen molar-refractivity contribution in [1.29, 1.82) is 0 Å². The Morgan fingerprint density at radius 3 is 2.40 bits per heavy atom. The number of carbonyl (C=O) groups excluding carboxylic acids is 1. The van der Waals surface area contributed by atoms with Crippen molar-refractivity contribution >= 4 is 16.8 Å². The Kier molecular flexibility index (Phi) is 7.94. The third-order valence-electron chi connectivity index (χ3n) is 6.64. The highest BCUT2D eigenvalue weighted by Gasteiger charge is 2.22. The number of nitrogens with one attached hydrogen (secondary N) is 1. The lowest BCUT2D eigenvalue weighted by molar-refractivity contribution is 0.0988. The van der Waals surface area contributed by atoms with E-state index >= 15 is 4.39 Å². The molecule has 9 nitrogen and oxygen atoms in total. The lowest BCUT2D eigenvalue weighted by atomic mass is 9.95. The number of ether oxygens (including phenoxy) is 3. The molecule has 2 aromatic carbocycles. The molecule has 0 atom stereocenters. The van der Waals surface area contributed by atoms with Gasteiger partial charge in [-0.2, -0.15) is 0 Å². The molecule has 0 aliphatic rings. The van der Waals surface area contributed by atoms with Gasteiger partial charge in [0.1, 0.15) is 11.3 Å². The van der Waals surface area contributed by atoms with E-state index < -0.39 is 29.5 Å². The molecule has 0 saturated heterocycles. The van der Waals surface area contributed by atoms with Crippen molar-refractivity contribution in [3.05, 3.63) is 105 Å². The lowest BCUT2D eigenvalue weighted by Crippen LogP contribution is -2.24. The Morgan fingerprint density at radius 1 is 0.976 bits per heavy atom. The number of carbonyl (C=O) groups is 1. The van der Waals surface area contributed by atoms with Gasteiger partial charge in [-0.3, -0.25) is 14.6 Å². The number of rotatable bonds is 9. The molecule has 0 bridgehead atoms. The van der Waals surface area contributed by atoms with Crippen LogP contribution in [0.2, 0.25) is 0 Å². The van der Waals surface area contributed by atoms with Gasteiger partial charge in [-0.25, -0.2) is 13.8 Å². The first-order valence-electron chi connectivity index (χ1n) is 12.7. The summed E-state index contributed by atoms with van der Waals surface area (Å²) in [7, 11) is 2.91. The van der Waals surface area contributed by atoms with Gasteiger partial charge < -0.3 is 24.3 Å². The number of hydrogen-bond donors (Lipinski definition) is 2. The first-order valence-corrected chi connectivity index (χ1v) is 12.7. The van der Waals surface area contributed by atoms with Crippen molar-refractivity contribution in [3.63, 3.8) is 0 Å². The number of Topliss-reactive ketones (excluding diaryl/α,β-unsaturated/α-hetero) is 1. The maximum Gasteiger partial charge on any atom is 0.257 e. The Labute approximate surface area is 238 Å². The number of benzene rings is 2. The van der Waals surface area contributed by atoms with Gasteiger partial charge in [-0.1, -0.05) is 18.2 Å². The molecule has 0 unspecified atom stereocenters. The molecule has 5 aromatic rings. The minimum absolute atomic E-state index is 0.0397. The first-order chi connectivity index (χ1) is 20.2. The maximum absolute atomic E-state index is 15.2. The van der Waals surface area contributed by atoms with E-state index in [0.717, 1.165) is 6.07 Å². The summed E-state index contributed by atoms with van der Waals surface area (Å²) in [6, 6.07) is 12.4. The molecule has 0 aliphatic carbocycles. The number of aliphatic hydroxyl groups is 1. The highest BCUT2D eigenvalue weighted by Crippen LogP contribution is 2.35. The van der Waals surface area contributed by atoms with Crippen LogP contribution in [0.4, 0.5) is 8.78 Å². The summed E-state index contributed by atoms with van der Waals surface area (Å²) in [4.78, 5) is 38.3. The average molecular weight is 574 g/mol. The second-order valence-corrected chi connectivity index (χ2v) is 9.32. The molecule has 3 aromatic heterocycles. The summed E-state index contributed by atoms with van der Waals surface area (Å²) >= 11 is 0. The molecule has 214 valence electrons. The van der Waals surface area contributed by atoms with Gasteiger partial charge in [0.25, 0.3) is 5.88 Å². The molecule has 0 aliphatic heterocycles. The number of ketones is 1. The van der Waals surface area contributed by atoms with Crippen LogP contribution >= 0.6 is 0 Å². The molecule has 11 heteroatoms. The van der Waals surface area contributed by atoms with Crippen molar-refractivity contribution < 1.29 is 32.9 Å². The minimum atomic E-state index is -0.752. The molecule has 0 amide bonds. The van der Waals surface area contributed by atoms with Crippen LogP contribution in [0, 0.1) is 18.6 Å². The number of H-pyrrole nitrogens is 1. The van der Waals surface area contributed by atoms with E-state index in [4.69, 9.17) is 14.2 Å². The second-order valence-electron chi connectivity index (χ2n) is 9.32. The standard InChI is InChI=1S/C31H25F2N3O6/c1-16-27(18-5-7-19(32)8-6-18)30(39)28(22(15-37)35-16)23(38)13-17-4-9-24(20(33)12-17)42-25-10-11-34-21-14-26(40-2)31(41-3)36-29(21)25/h4-12,14,37H,13,15H2,1-3H3,(H,35,39). The van der Waals surface area contributed by atoms with Crippen molar-refractivity contribution in [2.24, 2.45) is 0 Å².